The zero-order valence-corrected chi connectivity index (χ0v) is 32.1. The van der Waals surface area contributed by atoms with E-state index < -0.39 is 13.5 Å². The average molecular weight is 754 g/mol. The van der Waals surface area contributed by atoms with Crippen LogP contribution in [0.25, 0.3) is 0 Å². The third-order valence-corrected chi connectivity index (χ3v) is 9.30. The molecule has 6 rings (SSSR count). The van der Waals surface area contributed by atoms with E-state index in [1.807, 2.05) is 78.3 Å². The minimum atomic E-state index is -1.61. The molecule has 0 radical (unpaired) electrons. The van der Waals surface area contributed by atoms with E-state index in [0.29, 0.717) is 0 Å². The summed E-state index contributed by atoms with van der Waals surface area (Å²) in [6, 6.07) is 33.8. The summed E-state index contributed by atoms with van der Waals surface area (Å²) in [7, 11) is 11.3. The number of pyridine rings is 1. The third-order valence-electron chi connectivity index (χ3n) is 7.43. The third kappa shape index (κ3) is 13.0. The zero-order chi connectivity index (χ0) is 34.3. The van der Waals surface area contributed by atoms with Crippen molar-refractivity contribution in [1.82, 2.24) is 4.98 Å². The van der Waals surface area contributed by atoms with Crippen molar-refractivity contribution in [3.8, 4) is 0 Å². The van der Waals surface area contributed by atoms with Crippen LogP contribution in [0.2, 0.25) is 0 Å². The molecule has 0 bridgehead atoms. The molecule has 0 spiro atoms. The van der Waals surface area contributed by atoms with Crippen molar-refractivity contribution < 1.29 is 13.5 Å². The Bertz CT molecular complexity index is 1560. The molecule has 47 heavy (non-hydrogen) atoms. The number of benzene rings is 4. The molecule has 0 unspecified atom stereocenters. The van der Waals surface area contributed by atoms with Crippen molar-refractivity contribution in [3.63, 3.8) is 0 Å². The van der Waals surface area contributed by atoms with Crippen LogP contribution in [0.5, 0.6) is 0 Å². The Hall–Kier alpha value is -3.30. The number of nitrogens with zero attached hydrogens (tertiary/aromatic N) is 3. The van der Waals surface area contributed by atoms with Gasteiger partial charge in [-0.25, -0.2) is 0 Å². The van der Waals surface area contributed by atoms with Gasteiger partial charge in [0.1, 0.15) is 0 Å². The number of aromatic nitrogens is 1. The van der Waals surface area contributed by atoms with E-state index in [2.05, 4.69) is 100 Å². The van der Waals surface area contributed by atoms with Gasteiger partial charge in [0.05, 0.1) is 0 Å². The summed E-state index contributed by atoms with van der Waals surface area (Å²) in [6.07, 6.45) is 3.57. The van der Waals surface area contributed by atoms with Crippen molar-refractivity contribution >= 4 is 35.4 Å². The summed E-state index contributed by atoms with van der Waals surface area (Å²) < 4.78 is 1.92. The van der Waals surface area contributed by atoms with Crippen LogP contribution in [0.1, 0.15) is 50.1 Å². The fourth-order valence-corrected chi connectivity index (χ4v) is 7.42. The van der Waals surface area contributed by atoms with E-state index in [9.17, 15) is 0 Å². The predicted molar refractivity (Wildman–Crippen MR) is 203 cm³/mol. The monoisotopic (exact) mass is 753 g/mol. The summed E-state index contributed by atoms with van der Waals surface area (Å²) in [6.45, 7) is 21.7. The second-order valence-corrected chi connectivity index (χ2v) is 17.5. The van der Waals surface area contributed by atoms with Crippen LogP contribution in [0.15, 0.2) is 103 Å². The first-order valence-electron chi connectivity index (χ1n) is 15.7. The van der Waals surface area contributed by atoms with Gasteiger partial charge in [0.15, 0.2) is 0 Å². The van der Waals surface area contributed by atoms with E-state index in [4.69, 9.17) is 19.4 Å². The zero-order valence-electron chi connectivity index (χ0n) is 28.8. The van der Waals surface area contributed by atoms with E-state index in [1.165, 1.54) is 55.9 Å². The predicted octanol–water partition coefficient (Wildman–Crippen LogP) is 10.9. The topological polar surface area (TPSA) is 19.4 Å². The van der Waals surface area contributed by atoms with Gasteiger partial charge >= 0.3 is 73.4 Å². The first-order valence-corrected chi connectivity index (χ1v) is 21.1. The van der Waals surface area contributed by atoms with E-state index >= 15 is 0 Å². The van der Waals surface area contributed by atoms with Crippen LogP contribution in [0, 0.1) is 68.1 Å². The van der Waals surface area contributed by atoms with Gasteiger partial charge in [0, 0.05) is 36.9 Å². The summed E-state index contributed by atoms with van der Waals surface area (Å²) >= 11 is -1.61. The van der Waals surface area contributed by atoms with Crippen LogP contribution in [-0.2, 0) is 13.5 Å². The molecule has 1 fully saturated rings. The number of hydrogen-bond donors (Lipinski definition) is 0. The SMILES string of the molecule is Cc1cc(C)c(N2[CH-]N(c3c(C)cc(C)cc3C)CC2)c(C)c1.Cc1cc[c-]cc1.Cc1ccncc1.[Cl][Ru]([Cl])=[CH]c1ccccc1. The minimum absolute atomic E-state index is 1.04. The molecule has 1 aliphatic rings. The molecule has 2 heterocycles. The molecule has 5 aromatic rings. The number of aryl methyl sites for hydroxylation is 8. The van der Waals surface area contributed by atoms with Crippen molar-refractivity contribution in [2.24, 2.45) is 0 Å². The quantitative estimate of drug-likeness (QED) is 0.135. The molecule has 250 valence electrons. The van der Waals surface area contributed by atoms with Crippen molar-refractivity contribution in [3.05, 3.63) is 166 Å². The summed E-state index contributed by atoms with van der Waals surface area (Å²) in [5.74, 6) is 0. The van der Waals surface area contributed by atoms with Gasteiger partial charge in [0.25, 0.3) is 0 Å². The molecule has 6 heteroatoms. The first kappa shape index (κ1) is 38.2. The Labute approximate surface area is 296 Å². The van der Waals surface area contributed by atoms with Crippen molar-refractivity contribution in [1.29, 1.82) is 0 Å². The number of anilines is 2. The summed E-state index contributed by atoms with van der Waals surface area (Å²) in [5, 5.41) is 0. The molecular weight excluding hydrogens is 706 g/mol. The normalized spacial score (nSPS) is 12.1. The molecule has 4 aromatic carbocycles. The molecule has 1 saturated heterocycles. The van der Waals surface area contributed by atoms with Crippen molar-refractivity contribution in [2.45, 2.75) is 55.4 Å². The van der Waals surface area contributed by atoms with Gasteiger partial charge < -0.3 is 9.80 Å². The average Bonchev–Trinajstić information content (AvgIpc) is 3.47. The molecule has 0 N–H and O–H groups in total. The maximum atomic E-state index is 5.67. The van der Waals surface area contributed by atoms with E-state index in [-0.39, 0.29) is 0 Å². The fraction of sp³-hybridized carbons (Fsp3) is 0.244. The number of rotatable bonds is 3. The molecule has 1 aliphatic heterocycles. The molecule has 0 saturated carbocycles. The Morgan fingerprint density at radius 3 is 1.38 bits per heavy atom. The van der Waals surface area contributed by atoms with Gasteiger partial charge in [-0.3, -0.25) is 4.98 Å². The Morgan fingerprint density at radius 1 is 0.617 bits per heavy atom. The molecule has 0 amide bonds. The molecular formula is C41H47Cl2N3Ru-2. The molecule has 1 aromatic heterocycles. The van der Waals surface area contributed by atoms with Crippen molar-refractivity contribution in [2.75, 3.05) is 22.9 Å². The standard InChI is InChI=1S/C21H27N2.C7H7.C7H6.C6H7N.2ClH.Ru/c1-14-9-16(3)20(17(4)10-14)22-7-8-23(13-22)21-18(5)11-15(2)12-19(21)6;2*1-7-5-3-2-4-6-7;1-6-2-4-7-5-3-6;;;/h9-13H,7-8H2,1-6H3;3-6H,1H3;1-6H;2-5H,1H3;2*1H;/q2*-1;;;;;+2/p-2. The number of hydrogen-bond acceptors (Lipinski definition) is 3. The van der Waals surface area contributed by atoms with Gasteiger partial charge in [-0.1, -0.05) is 42.3 Å². The fourth-order valence-electron chi connectivity index (χ4n) is 5.60. The van der Waals surface area contributed by atoms with Gasteiger partial charge in [0.2, 0.25) is 0 Å². The van der Waals surface area contributed by atoms with Crippen LogP contribution in [0.4, 0.5) is 11.4 Å². The van der Waals surface area contributed by atoms with Gasteiger partial charge in [-0.05, 0) is 88.4 Å². The second-order valence-electron chi connectivity index (χ2n) is 11.8. The van der Waals surface area contributed by atoms with Crippen LogP contribution in [-0.4, -0.2) is 22.7 Å². The Kier molecular flexibility index (Phi) is 15.8. The van der Waals surface area contributed by atoms with Crippen LogP contribution >= 0.6 is 19.4 Å². The Morgan fingerprint density at radius 2 is 1.04 bits per heavy atom. The van der Waals surface area contributed by atoms with Crippen LogP contribution < -0.4 is 9.80 Å². The van der Waals surface area contributed by atoms with E-state index in [1.54, 1.807) is 12.4 Å². The molecule has 3 nitrogen and oxygen atoms in total. The van der Waals surface area contributed by atoms with E-state index in [0.717, 1.165) is 18.7 Å². The second kappa shape index (κ2) is 19.5. The maximum absolute atomic E-state index is 5.67. The number of halogens is 2. The van der Waals surface area contributed by atoms with Gasteiger partial charge in [-0.2, -0.15) is 42.6 Å². The van der Waals surface area contributed by atoms with Crippen LogP contribution in [0.3, 0.4) is 0 Å². The first-order chi connectivity index (χ1) is 22.4. The molecule has 0 aliphatic carbocycles. The Balaban J connectivity index is 0.000000204. The summed E-state index contributed by atoms with van der Waals surface area (Å²) in [5.41, 5.74) is 14.5. The van der Waals surface area contributed by atoms with Gasteiger partial charge in [-0.15, -0.1) is 0 Å². The summed E-state index contributed by atoms with van der Waals surface area (Å²) in [4.78, 5) is 8.66. The molecule has 0 atom stereocenters.